The van der Waals surface area contributed by atoms with Gasteiger partial charge in [0.25, 0.3) is 5.91 Å². The molecule has 2 nitrogen and oxygen atoms in total. The number of halogens is 1. The predicted octanol–water partition coefficient (Wildman–Crippen LogP) is 2.77. The molecule has 1 N–H and O–H groups in total. The molecule has 0 saturated heterocycles. The number of hydrogen-bond donors (Lipinski definition) is 1. The second kappa shape index (κ2) is 6.03. The van der Waals surface area contributed by atoms with Crippen molar-refractivity contribution in [1.82, 2.24) is 5.32 Å². The first kappa shape index (κ1) is 12.4. The van der Waals surface area contributed by atoms with E-state index in [0.29, 0.717) is 12.1 Å². The lowest BCUT2D eigenvalue weighted by Gasteiger charge is -2.09. The van der Waals surface area contributed by atoms with Gasteiger partial charge in [-0.25, -0.2) is 0 Å². The van der Waals surface area contributed by atoms with Crippen LogP contribution in [-0.4, -0.2) is 24.1 Å². The van der Waals surface area contributed by atoms with E-state index in [1.165, 1.54) is 0 Å². The number of carbonyl (C=O) groups excluding carboxylic acids is 1. The smallest absolute Gasteiger partial charge is 0.252 e. The summed E-state index contributed by atoms with van der Waals surface area (Å²) in [6, 6.07) is 7.54. The molecular weight excluding hydrogens is 230 g/mol. The second-order valence-electron chi connectivity index (χ2n) is 3.19. The number of alkyl halides is 1. The van der Waals surface area contributed by atoms with E-state index in [1.54, 1.807) is 11.8 Å². The van der Waals surface area contributed by atoms with Gasteiger partial charge in [0.05, 0.1) is 5.56 Å². The summed E-state index contributed by atoms with van der Waals surface area (Å²) < 4.78 is 0. The van der Waals surface area contributed by atoms with Crippen molar-refractivity contribution in [2.24, 2.45) is 0 Å². The van der Waals surface area contributed by atoms with E-state index in [4.69, 9.17) is 11.6 Å². The third-order valence-electron chi connectivity index (χ3n) is 1.90. The number of amides is 1. The topological polar surface area (TPSA) is 29.1 Å². The number of thioether (sulfide) groups is 1. The van der Waals surface area contributed by atoms with Gasteiger partial charge in [-0.2, -0.15) is 0 Å². The van der Waals surface area contributed by atoms with Crippen molar-refractivity contribution >= 4 is 29.3 Å². The van der Waals surface area contributed by atoms with Crippen LogP contribution in [0.1, 0.15) is 17.3 Å². The number of carbonyl (C=O) groups is 1. The molecule has 1 unspecified atom stereocenters. The highest BCUT2D eigenvalue weighted by Crippen LogP contribution is 2.19. The minimum Gasteiger partial charge on any atom is -0.351 e. The lowest BCUT2D eigenvalue weighted by Crippen LogP contribution is -2.28. The Morgan fingerprint density at radius 1 is 1.53 bits per heavy atom. The number of nitrogens with one attached hydrogen (secondary N) is 1. The Bertz CT molecular complexity index is 341. The molecule has 82 valence electrons. The molecule has 1 atom stereocenters. The zero-order valence-electron chi connectivity index (χ0n) is 8.79. The average Bonchev–Trinajstić information content (AvgIpc) is 2.25. The van der Waals surface area contributed by atoms with Gasteiger partial charge in [-0.15, -0.1) is 23.4 Å². The average molecular weight is 244 g/mol. The lowest BCUT2D eigenvalue weighted by molar-refractivity contribution is 0.0951. The van der Waals surface area contributed by atoms with E-state index >= 15 is 0 Å². The van der Waals surface area contributed by atoms with Crippen molar-refractivity contribution in [3.05, 3.63) is 29.8 Å². The summed E-state index contributed by atoms with van der Waals surface area (Å²) in [5.41, 5.74) is 0.710. The highest BCUT2D eigenvalue weighted by atomic mass is 35.5. The standard InChI is InChI=1S/C11H14ClNOS/c1-8(12)7-13-11(14)9-5-3-4-6-10(9)15-2/h3-6,8H,7H2,1-2H3,(H,13,14). The molecule has 1 aromatic rings. The van der Waals surface area contributed by atoms with E-state index < -0.39 is 0 Å². The van der Waals surface area contributed by atoms with Gasteiger partial charge >= 0.3 is 0 Å². The van der Waals surface area contributed by atoms with E-state index in [0.717, 1.165) is 4.90 Å². The molecule has 1 rings (SSSR count). The lowest BCUT2D eigenvalue weighted by atomic mass is 10.2. The van der Waals surface area contributed by atoms with E-state index in [-0.39, 0.29) is 11.3 Å². The Hall–Kier alpha value is -0.670. The summed E-state index contributed by atoms with van der Waals surface area (Å²) in [4.78, 5) is 12.7. The number of hydrogen-bond acceptors (Lipinski definition) is 2. The Morgan fingerprint density at radius 3 is 2.80 bits per heavy atom. The van der Waals surface area contributed by atoms with Gasteiger partial charge in [0.1, 0.15) is 0 Å². The fraction of sp³-hybridized carbons (Fsp3) is 0.364. The first-order chi connectivity index (χ1) is 7.15. The molecule has 4 heteroatoms. The van der Waals surface area contributed by atoms with Crippen molar-refractivity contribution in [1.29, 1.82) is 0 Å². The van der Waals surface area contributed by atoms with Gasteiger partial charge in [-0.05, 0) is 25.3 Å². The molecule has 15 heavy (non-hydrogen) atoms. The highest BCUT2D eigenvalue weighted by Gasteiger charge is 2.10. The molecule has 1 amide bonds. The summed E-state index contributed by atoms with van der Waals surface area (Å²) in [7, 11) is 0. The maximum atomic E-state index is 11.7. The molecular formula is C11H14ClNOS. The van der Waals surface area contributed by atoms with Gasteiger partial charge in [-0.1, -0.05) is 12.1 Å². The maximum Gasteiger partial charge on any atom is 0.252 e. The second-order valence-corrected chi connectivity index (χ2v) is 4.78. The van der Waals surface area contributed by atoms with Gasteiger partial charge in [0, 0.05) is 16.8 Å². The minimum absolute atomic E-state index is 0.0459. The summed E-state index contributed by atoms with van der Waals surface area (Å²) >= 11 is 7.33. The van der Waals surface area contributed by atoms with E-state index in [1.807, 2.05) is 37.4 Å². The van der Waals surface area contributed by atoms with E-state index in [9.17, 15) is 4.79 Å². The van der Waals surface area contributed by atoms with Gasteiger partial charge in [0.15, 0.2) is 0 Å². The highest BCUT2D eigenvalue weighted by molar-refractivity contribution is 7.98. The fourth-order valence-corrected chi connectivity index (χ4v) is 1.83. The maximum absolute atomic E-state index is 11.7. The fourth-order valence-electron chi connectivity index (χ4n) is 1.16. The van der Waals surface area contributed by atoms with Gasteiger partial charge in [0.2, 0.25) is 0 Å². The molecule has 0 spiro atoms. The van der Waals surface area contributed by atoms with Crippen molar-refractivity contribution < 1.29 is 4.79 Å². The molecule has 0 aliphatic heterocycles. The minimum atomic E-state index is -0.0625. The van der Waals surface area contributed by atoms with Crippen LogP contribution in [0.15, 0.2) is 29.2 Å². The van der Waals surface area contributed by atoms with E-state index in [2.05, 4.69) is 5.32 Å². The zero-order valence-corrected chi connectivity index (χ0v) is 10.4. The molecule has 0 aromatic heterocycles. The van der Waals surface area contributed by atoms with Crippen LogP contribution in [0.3, 0.4) is 0 Å². The molecule has 0 aliphatic carbocycles. The summed E-state index contributed by atoms with van der Waals surface area (Å²) in [6.45, 7) is 2.34. The first-order valence-corrected chi connectivity index (χ1v) is 6.36. The third kappa shape index (κ3) is 3.76. The van der Waals surface area contributed by atoms with Crippen LogP contribution in [-0.2, 0) is 0 Å². The van der Waals surface area contributed by atoms with Crippen molar-refractivity contribution in [3.63, 3.8) is 0 Å². The summed E-state index contributed by atoms with van der Waals surface area (Å²) in [5, 5.41) is 2.74. The van der Waals surface area contributed by atoms with Crippen LogP contribution in [0.4, 0.5) is 0 Å². The van der Waals surface area contributed by atoms with Crippen LogP contribution in [0, 0.1) is 0 Å². The number of benzene rings is 1. The molecule has 0 aliphatic rings. The molecule has 0 heterocycles. The largest absolute Gasteiger partial charge is 0.351 e. The van der Waals surface area contributed by atoms with Crippen LogP contribution < -0.4 is 5.32 Å². The van der Waals surface area contributed by atoms with Crippen molar-refractivity contribution in [3.8, 4) is 0 Å². The van der Waals surface area contributed by atoms with Crippen LogP contribution >= 0.6 is 23.4 Å². The number of rotatable bonds is 4. The molecule has 0 fully saturated rings. The Balaban J connectivity index is 2.72. The molecule has 0 bridgehead atoms. The normalized spacial score (nSPS) is 12.2. The van der Waals surface area contributed by atoms with Crippen molar-refractivity contribution in [2.45, 2.75) is 17.2 Å². The third-order valence-corrected chi connectivity index (χ3v) is 2.85. The van der Waals surface area contributed by atoms with Crippen LogP contribution in [0.2, 0.25) is 0 Å². The summed E-state index contributed by atoms with van der Waals surface area (Å²) in [6.07, 6.45) is 1.95. The van der Waals surface area contributed by atoms with Gasteiger partial charge in [-0.3, -0.25) is 4.79 Å². The van der Waals surface area contributed by atoms with Gasteiger partial charge < -0.3 is 5.32 Å². The molecule has 1 aromatic carbocycles. The predicted molar refractivity (Wildman–Crippen MR) is 65.9 cm³/mol. The Labute approximate surface area is 99.4 Å². The SMILES string of the molecule is CSc1ccccc1C(=O)NCC(C)Cl. The van der Waals surface area contributed by atoms with Crippen molar-refractivity contribution in [2.75, 3.05) is 12.8 Å². The molecule has 0 radical (unpaired) electrons. The quantitative estimate of drug-likeness (QED) is 0.651. The Morgan fingerprint density at radius 2 is 2.20 bits per heavy atom. The molecule has 0 saturated carbocycles. The zero-order chi connectivity index (χ0) is 11.3. The summed E-state index contributed by atoms with van der Waals surface area (Å²) in [5.74, 6) is -0.0625. The first-order valence-electron chi connectivity index (χ1n) is 4.70. The monoisotopic (exact) mass is 243 g/mol. The van der Waals surface area contributed by atoms with Crippen LogP contribution in [0.5, 0.6) is 0 Å². The Kier molecular flexibility index (Phi) is 4.99. The van der Waals surface area contributed by atoms with Crippen LogP contribution in [0.25, 0.3) is 0 Å².